The van der Waals surface area contributed by atoms with Gasteiger partial charge in [0.2, 0.25) is 0 Å². The summed E-state index contributed by atoms with van der Waals surface area (Å²) >= 11 is 0. The van der Waals surface area contributed by atoms with E-state index in [1.165, 1.54) is 5.56 Å². The Morgan fingerprint density at radius 3 is 2.54 bits per heavy atom. The first kappa shape index (κ1) is 22.4. The van der Waals surface area contributed by atoms with Gasteiger partial charge in [-0.05, 0) is 66.1 Å². The number of carbonyl (C=O) groups is 1. The van der Waals surface area contributed by atoms with Crippen LogP contribution in [-0.4, -0.2) is 22.6 Å². The van der Waals surface area contributed by atoms with E-state index in [9.17, 15) is 9.90 Å². The molecule has 5 heteroatoms. The van der Waals surface area contributed by atoms with E-state index in [0.717, 1.165) is 28.0 Å². The van der Waals surface area contributed by atoms with E-state index < -0.39 is 0 Å². The molecule has 1 aromatic heterocycles. The molecule has 0 bridgehead atoms. The van der Waals surface area contributed by atoms with Gasteiger partial charge in [0.1, 0.15) is 11.5 Å². The number of pyridine rings is 1. The number of rotatable bonds is 5. The number of aryl methyl sites for hydroxylation is 1. The number of ether oxygens (including phenoxy) is 1. The molecule has 0 fully saturated rings. The molecular formula is C30H26N2O3. The zero-order valence-corrected chi connectivity index (χ0v) is 19.5. The normalized spacial score (nSPS) is 12.7. The van der Waals surface area contributed by atoms with Gasteiger partial charge in [0.05, 0.1) is 12.3 Å². The Morgan fingerprint density at radius 2 is 1.77 bits per heavy atom. The average molecular weight is 463 g/mol. The molecule has 0 saturated heterocycles. The fraction of sp³-hybridized carbons (Fsp3) is 0.133. The van der Waals surface area contributed by atoms with E-state index in [-0.39, 0.29) is 11.7 Å². The topological polar surface area (TPSA) is 71.5 Å². The van der Waals surface area contributed by atoms with Crippen molar-refractivity contribution in [2.75, 3.05) is 11.9 Å². The number of carbonyl (C=O) groups excluding carboxylic acids is 1. The van der Waals surface area contributed by atoms with Crippen molar-refractivity contribution in [1.82, 2.24) is 4.98 Å². The first-order valence-electron chi connectivity index (χ1n) is 11.6. The maximum absolute atomic E-state index is 13.1. The van der Waals surface area contributed by atoms with Gasteiger partial charge in [-0.2, -0.15) is 0 Å². The Kier molecular flexibility index (Phi) is 6.31. The summed E-state index contributed by atoms with van der Waals surface area (Å²) in [7, 11) is 0. The Labute approximate surface area is 204 Å². The average Bonchev–Trinajstić information content (AvgIpc) is 3.09. The van der Waals surface area contributed by atoms with Crippen LogP contribution in [0.5, 0.6) is 11.5 Å². The molecule has 2 heterocycles. The second-order valence-corrected chi connectivity index (χ2v) is 8.68. The van der Waals surface area contributed by atoms with Crippen LogP contribution in [0.3, 0.4) is 0 Å². The molecule has 2 N–H and O–H groups in total. The van der Waals surface area contributed by atoms with Crippen LogP contribution >= 0.6 is 0 Å². The predicted octanol–water partition coefficient (Wildman–Crippen LogP) is 6.16. The molecular weight excluding hydrogens is 436 g/mol. The molecule has 1 aliphatic rings. The number of hydrogen-bond acceptors (Lipinski definition) is 4. The lowest BCUT2D eigenvalue weighted by atomic mass is 10.00. The number of nitrogens with zero attached hydrogens (tertiary/aromatic N) is 1. The third-order valence-electron chi connectivity index (χ3n) is 6.09. The zero-order valence-electron chi connectivity index (χ0n) is 19.5. The maximum atomic E-state index is 13.1. The second-order valence-electron chi connectivity index (χ2n) is 8.68. The molecule has 5 rings (SSSR count). The Hall–Kier alpha value is -4.38. The van der Waals surface area contributed by atoms with Gasteiger partial charge in [-0.3, -0.25) is 9.78 Å². The van der Waals surface area contributed by atoms with Gasteiger partial charge in [0.25, 0.3) is 5.91 Å². The van der Waals surface area contributed by atoms with Crippen LogP contribution in [-0.2, 0) is 11.2 Å². The van der Waals surface area contributed by atoms with Crippen LogP contribution in [0.1, 0.15) is 28.8 Å². The Balaban J connectivity index is 1.32. The summed E-state index contributed by atoms with van der Waals surface area (Å²) < 4.78 is 5.91. The second kappa shape index (κ2) is 9.85. The molecule has 4 aromatic rings. The molecule has 3 aromatic carbocycles. The van der Waals surface area contributed by atoms with Gasteiger partial charge in [-0.25, -0.2) is 0 Å². The number of fused-ring (bicyclic) bond motifs is 1. The lowest BCUT2D eigenvalue weighted by Crippen LogP contribution is -2.15. The molecule has 0 unspecified atom stereocenters. The molecule has 0 aliphatic carbocycles. The molecule has 5 nitrogen and oxygen atoms in total. The van der Waals surface area contributed by atoms with E-state index in [1.54, 1.807) is 18.3 Å². The van der Waals surface area contributed by atoms with Crippen molar-refractivity contribution in [3.8, 4) is 22.6 Å². The fourth-order valence-electron chi connectivity index (χ4n) is 4.10. The highest BCUT2D eigenvalue weighted by atomic mass is 16.5. The lowest BCUT2D eigenvalue weighted by Gasteiger charge is -2.09. The highest BCUT2D eigenvalue weighted by Gasteiger charge is 2.16. The highest BCUT2D eigenvalue weighted by Crippen LogP contribution is 2.31. The summed E-state index contributed by atoms with van der Waals surface area (Å²) in [6.07, 6.45) is 4.63. The summed E-state index contributed by atoms with van der Waals surface area (Å²) in [6.45, 7) is 2.52. The van der Waals surface area contributed by atoms with Crippen LogP contribution in [0.25, 0.3) is 17.2 Å². The van der Waals surface area contributed by atoms with Crippen LogP contribution < -0.4 is 10.1 Å². The van der Waals surface area contributed by atoms with Crippen LogP contribution in [0.2, 0.25) is 0 Å². The molecule has 174 valence electrons. The number of anilines is 1. The molecule has 0 atom stereocenters. The third kappa shape index (κ3) is 5.25. The first-order valence-corrected chi connectivity index (χ1v) is 11.6. The number of aromatic hydroxyl groups is 1. The summed E-state index contributed by atoms with van der Waals surface area (Å²) in [5.74, 6) is 0.821. The van der Waals surface area contributed by atoms with Gasteiger partial charge in [0, 0.05) is 35.9 Å². The van der Waals surface area contributed by atoms with Gasteiger partial charge < -0.3 is 15.2 Å². The van der Waals surface area contributed by atoms with E-state index in [0.29, 0.717) is 36.4 Å². The third-order valence-corrected chi connectivity index (χ3v) is 6.09. The van der Waals surface area contributed by atoms with Gasteiger partial charge in [-0.15, -0.1) is 0 Å². The summed E-state index contributed by atoms with van der Waals surface area (Å²) in [5, 5.41) is 12.9. The minimum Gasteiger partial charge on any atom is -0.506 e. The first-order chi connectivity index (χ1) is 17.0. The van der Waals surface area contributed by atoms with E-state index in [4.69, 9.17) is 4.74 Å². The monoisotopic (exact) mass is 462 g/mol. The quantitative estimate of drug-likeness (QED) is 0.373. The number of benzene rings is 3. The summed E-state index contributed by atoms with van der Waals surface area (Å²) in [6, 6.07) is 25.4. The molecule has 0 spiro atoms. The van der Waals surface area contributed by atoms with Gasteiger partial charge in [0.15, 0.2) is 0 Å². The van der Waals surface area contributed by atoms with Crippen molar-refractivity contribution in [3.63, 3.8) is 0 Å². The van der Waals surface area contributed by atoms with Crippen LogP contribution in [0.4, 0.5) is 5.69 Å². The van der Waals surface area contributed by atoms with E-state index in [1.807, 2.05) is 36.4 Å². The fourth-order valence-corrected chi connectivity index (χ4v) is 4.10. The molecule has 0 saturated carbocycles. The van der Waals surface area contributed by atoms with Crippen LogP contribution in [0.15, 0.2) is 90.6 Å². The van der Waals surface area contributed by atoms with Crippen LogP contribution in [0, 0.1) is 6.92 Å². The number of aromatic nitrogens is 1. The van der Waals surface area contributed by atoms with Gasteiger partial charge >= 0.3 is 0 Å². The minimum atomic E-state index is -0.141. The van der Waals surface area contributed by atoms with Gasteiger partial charge in [-0.1, -0.05) is 48.0 Å². The molecule has 1 aliphatic heterocycles. The molecule has 1 amide bonds. The maximum Gasteiger partial charge on any atom is 0.251 e. The van der Waals surface area contributed by atoms with Crippen molar-refractivity contribution in [2.45, 2.75) is 19.8 Å². The summed E-state index contributed by atoms with van der Waals surface area (Å²) in [4.78, 5) is 17.3. The van der Waals surface area contributed by atoms with Crippen molar-refractivity contribution in [2.24, 2.45) is 0 Å². The minimum absolute atomic E-state index is 0.141. The molecule has 35 heavy (non-hydrogen) atoms. The highest BCUT2D eigenvalue weighted by molar-refractivity contribution is 6.07. The smallest absolute Gasteiger partial charge is 0.251 e. The van der Waals surface area contributed by atoms with Crippen molar-refractivity contribution in [1.29, 1.82) is 0 Å². The molecule has 0 radical (unpaired) electrons. The zero-order chi connectivity index (χ0) is 24.2. The van der Waals surface area contributed by atoms with E-state index in [2.05, 4.69) is 53.6 Å². The largest absolute Gasteiger partial charge is 0.506 e. The standard InChI is InChI=1S/C30H26N2O3/c1-20-4-8-22(9-5-20)23-10-13-29-25(18-23)19-24(14-16-35-29)30(34)32-26-11-6-21(7-12-26)17-27-28(33)3-2-15-31-27/h2-13,15,18-19,33H,14,16-17H2,1H3,(H,32,34). The number of nitrogens with one attached hydrogen (secondary N) is 1. The SMILES string of the molecule is Cc1ccc(-c2ccc3c(c2)C=C(C(=O)Nc2ccc(Cc4ncccc4O)cc2)CCO3)cc1. The number of amides is 1. The number of hydrogen-bond donors (Lipinski definition) is 2. The predicted molar refractivity (Wildman–Crippen MR) is 138 cm³/mol. The van der Waals surface area contributed by atoms with Crippen molar-refractivity contribution < 1.29 is 14.6 Å². The van der Waals surface area contributed by atoms with Crippen molar-refractivity contribution >= 4 is 17.7 Å². The summed E-state index contributed by atoms with van der Waals surface area (Å²) in [5.41, 5.74) is 7.33. The van der Waals surface area contributed by atoms with E-state index >= 15 is 0 Å². The van der Waals surface area contributed by atoms with Crippen molar-refractivity contribution in [3.05, 3.63) is 113 Å². The Bertz CT molecular complexity index is 1390. The Morgan fingerprint density at radius 1 is 1.00 bits per heavy atom. The lowest BCUT2D eigenvalue weighted by molar-refractivity contribution is -0.113.